The van der Waals surface area contributed by atoms with E-state index in [-0.39, 0.29) is 18.3 Å². The molecule has 2 rings (SSSR count). The molecule has 0 saturated carbocycles. The number of nitrogens with zero attached hydrogens (tertiary/aromatic N) is 1. The Kier molecular flexibility index (Phi) is 6.15. The van der Waals surface area contributed by atoms with Gasteiger partial charge in [-0.1, -0.05) is 42.5 Å². The van der Waals surface area contributed by atoms with Crippen LogP contribution in [0.1, 0.15) is 18.9 Å². The number of ether oxygens (including phenoxy) is 1. The zero-order valence-electron chi connectivity index (χ0n) is 12.8. The minimum atomic E-state index is -0.451. The lowest BCUT2D eigenvalue weighted by atomic mass is 10.1. The Morgan fingerprint density at radius 1 is 1.41 bits per heavy atom. The van der Waals surface area contributed by atoms with Crippen molar-refractivity contribution in [3.8, 4) is 0 Å². The van der Waals surface area contributed by atoms with Gasteiger partial charge in [0.2, 0.25) is 5.91 Å². The monoisotopic (exact) mass is 302 g/mol. The fraction of sp³-hybridized carbons (Fsp3) is 0.412. The van der Waals surface area contributed by atoms with E-state index in [1.807, 2.05) is 47.4 Å². The van der Waals surface area contributed by atoms with Gasteiger partial charge in [0.25, 0.3) is 0 Å². The van der Waals surface area contributed by atoms with E-state index in [1.165, 1.54) is 0 Å². The molecule has 0 spiro atoms. The average Bonchev–Trinajstić information content (AvgIpc) is 2.52. The van der Waals surface area contributed by atoms with Crippen molar-refractivity contribution < 1.29 is 14.3 Å². The molecular weight excluding hydrogens is 280 g/mol. The van der Waals surface area contributed by atoms with Crippen molar-refractivity contribution >= 4 is 18.0 Å². The number of rotatable bonds is 6. The standard InChI is InChI=1S/C17H22N2O3/c1-2-22-16(20)13-15-17(21)18-10-12-19(15)11-6-9-14-7-4-3-5-8-14/h3-9,15H,2,10-13H2,1H3,(H,18,21)/b9-6+. The highest BCUT2D eigenvalue weighted by atomic mass is 16.5. The first-order valence-electron chi connectivity index (χ1n) is 7.59. The first kappa shape index (κ1) is 16.2. The summed E-state index contributed by atoms with van der Waals surface area (Å²) >= 11 is 0. The van der Waals surface area contributed by atoms with Gasteiger partial charge < -0.3 is 10.1 Å². The third-order valence-electron chi connectivity index (χ3n) is 3.56. The molecule has 1 heterocycles. The number of carbonyl (C=O) groups excluding carboxylic acids is 2. The lowest BCUT2D eigenvalue weighted by molar-refractivity contribution is -0.147. The summed E-state index contributed by atoms with van der Waals surface area (Å²) in [5, 5.41) is 2.81. The molecule has 1 saturated heterocycles. The number of nitrogens with one attached hydrogen (secondary N) is 1. The number of benzene rings is 1. The van der Waals surface area contributed by atoms with Crippen LogP contribution in [0.5, 0.6) is 0 Å². The van der Waals surface area contributed by atoms with Crippen LogP contribution in [-0.2, 0) is 14.3 Å². The van der Waals surface area contributed by atoms with Gasteiger partial charge in [0.05, 0.1) is 19.1 Å². The van der Waals surface area contributed by atoms with Gasteiger partial charge in [0.15, 0.2) is 0 Å². The van der Waals surface area contributed by atoms with Crippen LogP contribution < -0.4 is 5.32 Å². The fourth-order valence-electron chi connectivity index (χ4n) is 2.47. The molecule has 1 fully saturated rings. The third-order valence-corrected chi connectivity index (χ3v) is 3.56. The molecule has 1 aromatic rings. The molecule has 0 aromatic heterocycles. The van der Waals surface area contributed by atoms with Crippen LogP contribution in [-0.4, -0.2) is 49.1 Å². The minimum Gasteiger partial charge on any atom is -0.466 e. The minimum absolute atomic E-state index is 0.0961. The predicted molar refractivity (Wildman–Crippen MR) is 85.1 cm³/mol. The quantitative estimate of drug-likeness (QED) is 0.808. The Morgan fingerprint density at radius 2 is 2.18 bits per heavy atom. The van der Waals surface area contributed by atoms with Gasteiger partial charge in [-0.2, -0.15) is 0 Å². The first-order valence-corrected chi connectivity index (χ1v) is 7.59. The number of esters is 1. The number of hydrogen-bond donors (Lipinski definition) is 1. The van der Waals surface area contributed by atoms with Gasteiger partial charge >= 0.3 is 5.97 Å². The van der Waals surface area contributed by atoms with Gasteiger partial charge in [0.1, 0.15) is 0 Å². The van der Waals surface area contributed by atoms with Crippen LogP contribution >= 0.6 is 0 Å². The number of amides is 1. The van der Waals surface area contributed by atoms with Crippen LogP contribution in [0.15, 0.2) is 36.4 Å². The highest BCUT2D eigenvalue weighted by Crippen LogP contribution is 2.11. The van der Waals surface area contributed by atoms with Gasteiger partial charge in [0, 0.05) is 19.6 Å². The van der Waals surface area contributed by atoms with Gasteiger partial charge in [-0.05, 0) is 12.5 Å². The van der Waals surface area contributed by atoms with Crippen molar-refractivity contribution in [2.45, 2.75) is 19.4 Å². The number of carbonyl (C=O) groups is 2. The Labute approximate surface area is 130 Å². The van der Waals surface area contributed by atoms with Crippen molar-refractivity contribution in [1.82, 2.24) is 10.2 Å². The summed E-state index contributed by atoms with van der Waals surface area (Å²) in [4.78, 5) is 25.7. The Bertz CT molecular complexity index is 528. The van der Waals surface area contributed by atoms with Gasteiger partial charge in [-0.25, -0.2) is 0 Å². The highest BCUT2D eigenvalue weighted by Gasteiger charge is 2.31. The zero-order chi connectivity index (χ0) is 15.8. The smallest absolute Gasteiger partial charge is 0.307 e. The second-order valence-corrected chi connectivity index (χ2v) is 5.12. The molecule has 0 bridgehead atoms. The van der Waals surface area contributed by atoms with Gasteiger partial charge in [-0.3, -0.25) is 14.5 Å². The largest absolute Gasteiger partial charge is 0.466 e. The summed E-state index contributed by atoms with van der Waals surface area (Å²) in [6.45, 7) is 4.07. The summed E-state index contributed by atoms with van der Waals surface area (Å²) in [6, 6.07) is 9.54. The van der Waals surface area contributed by atoms with E-state index >= 15 is 0 Å². The summed E-state index contributed by atoms with van der Waals surface area (Å²) in [7, 11) is 0. The van der Waals surface area contributed by atoms with Crippen molar-refractivity contribution in [3.63, 3.8) is 0 Å². The highest BCUT2D eigenvalue weighted by molar-refractivity contribution is 5.87. The summed E-state index contributed by atoms with van der Waals surface area (Å²) in [5.74, 6) is -0.436. The zero-order valence-corrected chi connectivity index (χ0v) is 12.8. The predicted octanol–water partition coefficient (Wildman–Crippen LogP) is 1.45. The third kappa shape index (κ3) is 4.70. The molecule has 118 valence electrons. The SMILES string of the molecule is CCOC(=O)CC1C(=O)NCCN1C/C=C/c1ccccc1. The maximum Gasteiger partial charge on any atom is 0.307 e. The molecule has 0 aliphatic carbocycles. The van der Waals surface area contributed by atoms with Crippen molar-refractivity contribution in [2.75, 3.05) is 26.2 Å². The van der Waals surface area contributed by atoms with Gasteiger partial charge in [-0.15, -0.1) is 0 Å². The molecule has 1 unspecified atom stereocenters. The Morgan fingerprint density at radius 3 is 2.91 bits per heavy atom. The molecule has 1 aromatic carbocycles. The van der Waals surface area contributed by atoms with E-state index in [4.69, 9.17) is 4.74 Å². The van der Waals surface area contributed by atoms with Crippen LogP contribution in [0.4, 0.5) is 0 Å². The maximum atomic E-state index is 12.0. The average molecular weight is 302 g/mol. The molecular formula is C17H22N2O3. The lowest BCUT2D eigenvalue weighted by Gasteiger charge is -2.33. The maximum absolute atomic E-state index is 12.0. The number of hydrogen-bond acceptors (Lipinski definition) is 4. The van der Waals surface area contributed by atoms with E-state index < -0.39 is 6.04 Å². The molecule has 5 nitrogen and oxygen atoms in total. The number of piperazine rings is 1. The van der Waals surface area contributed by atoms with Crippen molar-refractivity contribution in [2.24, 2.45) is 0 Å². The van der Waals surface area contributed by atoms with E-state index in [1.54, 1.807) is 6.92 Å². The molecule has 1 aliphatic rings. The van der Waals surface area contributed by atoms with Crippen molar-refractivity contribution in [3.05, 3.63) is 42.0 Å². The van der Waals surface area contributed by atoms with Crippen LogP contribution in [0.2, 0.25) is 0 Å². The molecule has 1 aliphatic heterocycles. The topological polar surface area (TPSA) is 58.6 Å². The van der Waals surface area contributed by atoms with Crippen LogP contribution in [0.25, 0.3) is 6.08 Å². The van der Waals surface area contributed by atoms with E-state index in [2.05, 4.69) is 5.32 Å². The van der Waals surface area contributed by atoms with Crippen LogP contribution in [0.3, 0.4) is 0 Å². The Balaban J connectivity index is 1.95. The molecule has 22 heavy (non-hydrogen) atoms. The van der Waals surface area contributed by atoms with E-state index in [0.717, 1.165) is 12.1 Å². The first-order chi connectivity index (χ1) is 10.7. The Hall–Kier alpha value is -2.14. The van der Waals surface area contributed by atoms with E-state index in [0.29, 0.717) is 19.7 Å². The molecule has 0 radical (unpaired) electrons. The second-order valence-electron chi connectivity index (χ2n) is 5.12. The second kappa shape index (κ2) is 8.34. The van der Waals surface area contributed by atoms with E-state index in [9.17, 15) is 9.59 Å². The molecule has 1 atom stereocenters. The van der Waals surface area contributed by atoms with Crippen LogP contribution in [0, 0.1) is 0 Å². The molecule has 5 heteroatoms. The molecule has 1 N–H and O–H groups in total. The molecule has 1 amide bonds. The summed E-state index contributed by atoms with van der Waals surface area (Å²) in [6.07, 6.45) is 4.14. The fourth-order valence-corrected chi connectivity index (χ4v) is 2.47. The van der Waals surface area contributed by atoms with Crippen molar-refractivity contribution in [1.29, 1.82) is 0 Å². The summed E-state index contributed by atoms with van der Waals surface area (Å²) in [5.41, 5.74) is 1.12. The normalized spacial score (nSPS) is 19.1. The lowest BCUT2D eigenvalue weighted by Crippen LogP contribution is -2.55. The summed E-state index contributed by atoms with van der Waals surface area (Å²) < 4.78 is 4.95.